The third-order valence-electron chi connectivity index (χ3n) is 2.46. The van der Waals surface area contributed by atoms with E-state index in [-0.39, 0.29) is 6.54 Å². The van der Waals surface area contributed by atoms with Gasteiger partial charge in [0.25, 0.3) is 0 Å². The van der Waals surface area contributed by atoms with E-state index >= 15 is 0 Å². The highest BCUT2D eigenvalue weighted by Gasteiger charge is 2.21. The Balaban J connectivity index is 2.50. The zero-order valence-corrected chi connectivity index (χ0v) is 9.91. The number of carbonyl (C=O) groups is 2. The molecule has 0 aliphatic rings. The monoisotopic (exact) mass is 241 g/mol. The smallest absolute Gasteiger partial charge is 0.326 e. The van der Waals surface area contributed by atoms with Gasteiger partial charge in [0.15, 0.2) is 5.82 Å². The Labute approximate surface area is 98.2 Å². The highest BCUT2D eigenvalue weighted by molar-refractivity contribution is 5.81. The molecule has 0 saturated heterocycles. The molecule has 8 nitrogen and oxygen atoms in total. The molecule has 0 bridgehead atoms. The van der Waals surface area contributed by atoms with E-state index in [2.05, 4.69) is 15.5 Å². The van der Waals surface area contributed by atoms with E-state index in [1.807, 2.05) is 0 Å². The van der Waals surface area contributed by atoms with Gasteiger partial charge in [-0.15, -0.1) is 10.2 Å². The Morgan fingerprint density at radius 3 is 2.76 bits per heavy atom. The molecule has 1 aromatic rings. The summed E-state index contributed by atoms with van der Waals surface area (Å²) in [5.74, 6) is -0.462. The number of rotatable bonds is 4. The molecule has 1 aromatic heterocycles. The molecular weight excluding hydrogens is 226 g/mol. The Hall–Kier alpha value is -2.12. The van der Waals surface area contributed by atoms with Crippen molar-refractivity contribution in [3.63, 3.8) is 0 Å². The second kappa shape index (κ2) is 5.28. The molecule has 2 N–H and O–H groups in total. The van der Waals surface area contributed by atoms with Gasteiger partial charge in [-0.2, -0.15) is 0 Å². The lowest BCUT2D eigenvalue weighted by atomic mass is 10.3. The number of urea groups is 1. The van der Waals surface area contributed by atoms with Crippen molar-refractivity contribution in [3.05, 3.63) is 12.2 Å². The van der Waals surface area contributed by atoms with Crippen LogP contribution in [0.1, 0.15) is 12.7 Å². The van der Waals surface area contributed by atoms with Crippen molar-refractivity contribution < 1.29 is 14.7 Å². The predicted molar refractivity (Wildman–Crippen MR) is 58.1 cm³/mol. The largest absolute Gasteiger partial charge is 0.480 e. The van der Waals surface area contributed by atoms with E-state index in [0.29, 0.717) is 5.82 Å². The van der Waals surface area contributed by atoms with Crippen LogP contribution in [-0.2, 0) is 18.4 Å². The number of aromatic nitrogens is 3. The topological polar surface area (TPSA) is 100 Å². The van der Waals surface area contributed by atoms with E-state index in [1.165, 1.54) is 20.3 Å². The van der Waals surface area contributed by atoms with Gasteiger partial charge in [0, 0.05) is 14.1 Å². The highest BCUT2D eigenvalue weighted by atomic mass is 16.4. The van der Waals surface area contributed by atoms with Crippen LogP contribution < -0.4 is 5.32 Å². The molecule has 94 valence electrons. The van der Waals surface area contributed by atoms with Crippen LogP contribution in [0, 0.1) is 0 Å². The maximum atomic E-state index is 11.6. The number of likely N-dealkylation sites (N-methyl/N-ethyl adjacent to an activating group) is 1. The molecule has 0 aromatic carbocycles. The van der Waals surface area contributed by atoms with Crippen molar-refractivity contribution in [2.24, 2.45) is 7.05 Å². The standard InChI is InChI=1S/C9H15N5O3/c1-6(8(15)16)14(3)9(17)10-4-7-12-11-5-13(7)2/h5-6H,4H2,1-3H3,(H,10,17)(H,15,16). The number of amides is 2. The molecule has 1 heterocycles. The van der Waals surface area contributed by atoms with Crippen molar-refractivity contribution in [2.45, 2.75) is 19.5 Å². The van der Waals surface area contributed by atoms with Crippen LogP contribution in [0.3, 0.4) is 0 Å². The van der Waals surface area contributed by atoms with Gasteiger partial charge in [0.1, 0.15) is 12.4 Å². The minimum absolute atomic E-state index is 0.200. The number of nitrogens with one attached hydrogen (secondary N) is 1. The highest BCUT2D eigenvalue weighted by Crippen LogP contribution is 1.97. The van der Waals surface area contributed by atoms with Crippen molar-refractivity contribution in [1.29, 1.82) is 0 Å². The molecule has 0 fully saturated rings. The normalized spacial score (nSPS) is 11.9. The van der Waals surface area contributed by atoms with Crippen LogP contribution >= 0.6 is 0 Å². The first-order chi connectivity index (χ1) is 7.93. The van der Waals surface area contributed by atoms with Crippen molar-refractivity contribution in [3.8, 4) is 0 Å². The predicted octanol–water partition coefficient (Wildman–Crippen LogP) is -0.570. The molecule has 0 spiro atoms. The summed E-state index contributed by atoms with van der Waals surface area (Å²) < 4.78 is 1.67. The van der Waals surface area contributed by atoms with Crippen LogP contribution in [0.4, 0.5) is 4.79 Å². The second-order valence-corrected chi connectivity index (χ2v) is 3.64. The average molecular weight is 241 g/mol. The fraction of sp³-hybridized carbons (Fsp3) is 0.556. The molecule has 1 rings (SSSR count). The zero-order valence-electron chi connectivity index (χ0n) is 9.91. The summed E-state index contributed by atoms with van der Waals surface area (Å²) in [6, 6.07) is -1.35. The molecule has 1 atom stereocenters. The van der Waals surface area contributed by atoms with E-state index in [4.69, 9.17) is 5.11 Å². The number of nitrogens with zero attached hydrogens (tertiary/aromatic N) is 4. The maximum Gasteiger partial charge on any atom is 0.326 e. The van der Waals surface area contributed by atoms with Crippen LogP contribution in [0.25, 0.3) is 0 Å². The van der Waals surface area contributed by atoms with Gasteiger partial charge < -0.3 is 19.9 Å². The molecule has 0 saturated carbocycles. The Bertz CT molecular complexity index is 417. The minimum Gasteiger partial charge on any atom is -0.480 e. The number of carboxylic acids is 1. The van der Waals surface area contributed by atoms with Gasteiger partial charge in [-0.05, 0) is 6.92 Å². The lowest BCUT2D eigenvalue weighted by Crippen LogP contribution is -2.45. The summed E-state index contributed by atoms with van der Waals surface area (Å²) in [4.78, 5) is 23.4. The SMILES string of the molecule is CC(C(=O)O)N(C)C(=O)NCc1nncn1C. The van der Waals surface area contributed by atoms with Gasteiger partial charge >= 0.3 is 12.0 Å². The first kappa shape index (κ1) is 12.9. The lowest BCUT2D eigenvalue weighted by molar-refractivity contribution is -0.141. The zero-order chi connectivity index (χ0) is 13.0. The minimum atomic E-state index is -1.05. The van der Waals surface area contributed by atoms with Crippen LogP contribution in [0.2, 0.25) is 0 Å². The summed E-state index contributed by atoms with van der Waals surface area (Å²) in [7, 11) is 3.18. The van der Waals surface area contributed by atoms with Gasteiger partial charge in [-0.3, -0.25) is 0 Å². The Kier molecular flexibility index (Phi) is 4.02. The molecule has 2 amide bonds. The van der Waals surface area contributed by atoms with Crippen LogP contribution in [0.5, 0.6) is 0 Å². The molecule has 1 unspecified atom stereocenters. The molecule has 0 radical (unpaired) electrons. The van der Waals surface area contributed by atoms with Crippen molar-refractivity contribution in [2.75, 3.05) is 7.05 Å². The third-order valence-corrected chi connectivity index (χ3v) is 2.46. The number of carbonyl (C=O) groups excluding carboxylic acids is 1. The number of hydrogen-bond donors (Lipinski definition) is 2. The van der Waals surface area contributed by atoms with E-state index in [0.717, 1.165) is 4.90 Å². The van der Waals surface area contributed by atoms with E-state index < -0.39 is 18.0 Å². The van der Waals surface area contributed by atoms with Gasteiger partial charge in [0.2, 0.25) is 0 Å². The van der Waals surface area contributed by atoms with Crippen molar-refractivity contribution >= 4 is 12.0 Å². The Morgan fingerprint density at radius 2 is 2.29 bits per heavy atom. The van der Waals surface area contributed by atoms with E-state index in [9.17, 15) is 9.59 Å². The second-order valence-electron chi connectivity index (χ2n) is 3.64. The summed E-state index contributed by atoms with van der Waals surface area (Å²) in [5, 5.41) is 18.8. The fourth-order valence-electron chi connectivity index (χ4n) is 1.09. The van der Waals surface area contributed by atoms with Crippen molar-refractivity contribution in [1.82, 2.24) is 25.0 Å². The maximum absolute atomic E-state index is 11.6. The molecule has 8 heteroatoms. The summed E-state index contributed by atoms with van der Waals surface area (Å²) in [6.07, 6.45) is 1.52. The molecular formula is C9H15N5O3. The molecule has 17 heavy (non-hydrogen) atoms. The Morgan fingerprint density at radius 1 is 1.65 bits per heavy atom. The van der Waals surface area contributed by atoms with Gasteiger partial charge in [0.05, 0.1) is 6.54 Å². The lowest BCUT2D eigenvalue weighted by Gasteiger charge is -2.21. The molecule has 0 aliphatic carbocycles. The number of hydrogen-bond acceptors (Lipinski definition) is 4. The summed E-state index contributed by atoms with van der Waals surface area (Å²) >= 11 is 0. The quantitative estimate of drug-likeness (QED) is 0.735. The van der Waals surface area contributed by atoms with Crippen LogP contribution in [0.15, 0.2) is 6.33 Å². The number of aliphatic carboxylic acids is 1. The summed E-state index contributed by atoms with van der Waals surface area (Å²) in [6.45, 7) is 1.64. The van der Waals surface area contributed by atoms with Crippen LogP contribution in [-0.4, -0.2) is 49.9 Å². The molecule has 0 aliphatic heterocycles. The van der Waals surface area contributed by atoms with Gasteiger partial charge in [-0.25, -0.2) is 9.59 Å². The fourth-order valence-corrected chi connectivity index (χ4v) is 1.09. The average Bonchev–Trinajstić information content (AvgIpc) is 2.69. The number of carboxylic acid groups (broad SMARTS) is 1. The number of aryl methyl sites for hydroxylation is 1. The summed E-state index contributed by atoms with van der Waals surface area (Å²) in [5.41, 5.74) is 0. The first-order valence-electron chi connectivity index (χ1n) is 4.99. The third kappa shape index (κ3) is 3.16. The van der Waals surface area contributed by atoms with Gasteiger partial charge in [-0.1, -0.05) is 0 Å². The first-order valence-corrected chi connectivity index (χ1v) is 4.99. The van der Waals surface area contributed by atoms with E-state index in [1.54, 1.807) is 11.6 Å².